The number of hydrogen-bond donors (Lipinski definition) is 0. The summed E-state index contributed by atoms with van der Waals surface area (Å²) in [7, 11) is 0. The first-order valence-corrected chi connectivity index (χ1v) is 6.83. The van der Waals surface area contributed by atoms with E-state index in [1.165, 1.54) is 0 Å². The Labute approximate surface area is 122 Å². The summed E-state index contributed by atoms with van der Waals surface area (Å²) in [6.45, 7) is 11.6. The van der Waals surface area contributed by atoms with Crippen LogP contribution < -0.4 is 4.74 Å². The summed E-state index contributed by atoms with van der Waals surface area (Å²) in [5.41, 5.74) is 3.20. The highest BCUT2D eigenvalue weighted by molar-refractivity contribution is 5.74. The van der Waals surface area contributed by atoms with Gasteiger partial charge in [-0.15, -0.1) is 11.8 Å². The third-order valence-corrected chi connectivity index (χ3v) is 2.51. The van der Waals surface area contributed by atoms with Crippen molar-refractivity contribution >= 4 is 5.57 Å². The van der Waals surface area contributed by atoms with E-state index < -0.39 is 0 Å². The van der Waals surface area contributed by atoms with Crippen molar-refractivity contribution in [1.82, 2.24) is 0 Å². The van der Waals surface area contributed by atoms with Crippen LogP contribution in [0.15, 0.2) is 49.1 Å². The standard InChI is InChI=1S/C16H17NO.C2H6/c1-4-6-8-14(7-5-2)15-9-10-16(18-12-17)13(3)11-15;1-2/h4-5,7-11H,1,6H2,2-3H3;1-2H3/b7-5-,14-8?;. The molecule has 0 saturated heterocycles. The average Bonchev–Trinajstić information content (AvgIpc) is 2.48. The Morgan fingerprint density at radius 3 is 2.60 bits per heavy atom. The maximum absolute atomic E-state index is 8.52. The fourth-order valence-corrected chi connectivity index (χ4v) is 1.66. The highest BCUT2D eigenvalue weighted by Gasteiger charge is 2.03. The van der Waals surface area contributed by atoms with E-state index in [0.29, 0.717) is 5.75 Å². The van der Waals surface area contributed by atoms with Crippen molar-refractivity contribution in [2.24, 2.45) is 0 Å². The smallest absolute Gasteiger partial charge is 0.292 e. The van der Waals surface area contributed by atoms with Crippen LogP contribution in [-0.4, -0.2) is 0 Å². The zero-order valence-corrected chi connectivity index (χ0v) is 12.8. The fourth-order valence-electron chi connectivity index (χ4n) is 1.66. The van der Waals surface area contributed by atoms with E-state index in [-0.39, 0.29) is 0 Å². The van der Waals surface area contributed by atoms with Crippen molar-refractivity contribution in [3.8, 4) is 12.0 Å². The predicted molar refractivity (Wildman–Crippen MR) is 86.4 cm³/mol. The summed E-state index contributed by atoms with van der Waals surface area (Å²) in [5, 5.41) is 8.52. The lowest BCUT2D eigenvalue weighted by atomic mass is 10.0. The Morgan fingerprint density at radius 1 is 1.40 bits per heavy atom. The predicted octanol–water partition coefficient (Wildman–Crippen LogP) is 5.42. The molecule has 0 heterocycles. The van der Waals surface area contributed by atoms with Gasteiger partial charge in [0.2, 0.25) is 0 Å². The van der Waals surface area contributed by atoms with Crippen LogP contribution >= 0.6 is 0 Å². The van der Waals surface area contributed by atoms with Crippen LogP contribution in [0.4, 0.5) is 0 Å². The summed E-state index contributed by atoms with van der Waals surface area (Å²) in [6.07, 6.45) is 10.6. The van der Waals surface area contributed by atoms with Crippen molar-refractivity contribution < 1.29 is 4.74 Å². The van der Waals surface area contributed by atoms with Crippen LogP contribution in [0, 0.1) is 18.4 Å². The summed E-state index contributed by atoms with van der Waals surface area (Å²) in [6, 6.07) is 5.79. The molecule has 0 bridgehead atoms. The van der Waals surface area contributed by atoms with Gasteiger partial charge in [0.05, 0.1) is 0 Å². The second-order valence-electron chi connectivity index (χ2n) is 3.86. The molecule has 0 saturated carbocycles. The van der Waals surface area contributed by atoms with Gasteiger partial charge in [-0.25, -0.2) is 0 Å². The SMILES string of the molecule is C=CCC=C(/C=C\C)c1ccc(OC#N)c(C)c1.CC. The van der Waals surface area contributed by atoms with E-state index >= 15 is 0 Å². The van der Waals surface area contributed by atoms with E-state index in [2.05, 4.69) is 18.7 Å². The van der Waals surface area contributed by atoms with Gasteiger partial charge in [0.15, 0.2) is 0 Å². The summed E-state index contributed by atoms with van der Waals surface area (Å²) >= 11 is 0. The molecule has 0 spiro atoms. The Hall–Kier alpha value is -2.27. The molecule has 0 amide bonds. The zero-order valence-electron chi connectivity index (χ0n) is 12.8. The van der Waals surface area contributed by atoms with Gasteiger partial charge < -0.3 is 4.74 Å². The zero-order chi connectivity index (χ0) is 15.4. The number of nitriles is 1. The van der Waals surface area contributed by atoms with Crippen LogP contribution in [0.5, 0.6) is 5.75 Å². The number of nitrogens with zero attached hydrogens (tertiary/aromatic N) is 1. The third kappa shape index (κ3) is 5.58. The molecule has 0 aliphatic rings. The molecule has 0 radical (unpaired) electrons. The normalized spacial score (nSPS) is 10.4. The van der Waals surface area contributed by atoms with E-state index in [1.54, 1.807) is 6.26 Å². The highest BCUT2D eigenvalue weighted by atomic mass is 16.5. The van der Waals surface area contributed by atoms with Gasteiger partial charge in [-0.2, -0.15) is 0 Å². The van der Waals surface area contributed by atoms with Crippen molar-refractivity contribution in [3.05, 3.63) is 60.2 Å². The van der Waals surface area contributed by atoms with Crippen molar-refractivity contribution in [2.45, 2.75) is 34.1 Å². The molecular weight excluding hydrogens is 246 g/mol. The van der Waals surface area contributed by atoms with Gasteiger partial charge in [-0.3, -0.25) is 0 Å². The molecule has 0 N–H and O–H groups in total. The quantitative estimate of drug-likeness (QED) is 0.406. The molecule has 106 valence electrons. The molecule has 0 aliphatic carbocycles. The monoisotopic (exact) mass is 269 g/mol. The Kier molecular flexibility index (Phi) is 9.43. The van der Waals surface area contributed by atoms with Crippen LogP contribution in [-0.2, 0) is 0 Å². The van der Waals surface area contributed by atoms with Gasteiger partial charge in [0, 0.05) is 0 Å². The molecule has 0 atom stereocenters. The first-order valence-electron chi connectivity index (χ1n) is 6.83. The number of rotatable bonds is 5. The lowest BCUT2D eigenvalue weighted by molar-refractivity contribution is 0.503. The van der Waals surface area contributed by atoms with Crippen LogP contribution in [0.1, 0.15) is 38.3 Å². The Bertz CT molecular complexity index is 519. The molecule has 0 aliphatic heterocycles. The van der Waals surface area contributed by atoms with Gasteiger partial charge in [-0.05, 0) is 49.1 Å². The first kappa shape index (κ1) is 17.7. The number of allylic oxidation sites excluding steroid dienone is 5. The van der Waals surface area contributed by atoms with Crippen LogP contribution in [0.3, 0.4) is 0 Å². The van der Waals surface area contributed by atoms with Crippen molar-refractivity contribution in [3.63, 3.8) is 0 Å². The van der Waals surface area contributed by atoms with Gasteiger partial charge in [-0.1, -0.05) is 44.2 Å². The maximum atomic E-state index is 8.52. The van der Waals surface area contributed by atoms with Crippen LogP contribution in [0.25, 0.3) is 5.57 Å². The molecule has 1 rings (SSSR count). The molecule has 0 unspecified atom stereocenters. The summed E-state index contributed by atoms with van der Waals surface area (Å²) in [5.74, 6) is 0.602. The number of hydrogen-bond acceptors (Lipinski definition) is 2. The number of ether oxygens (including phenoxy) is 1. The molecular formula is C18H23NO. The molecule has 0 fully saturated rings. The van der Waals surface area contributed by atoms with Crippen molar-refractivity contribution in [1.29, 1.82) is 5.26 Å². The van der Waals surface area contributed by atoms with Crippen LogP contribution in [0.2, 0.25) is 0 Å². The second kappa shape index (κ2) is 10.6. The van der Waals surface area contributed by atoms with Crippen molar-refractivity contribution in [2.75, 3.05) is 0 Å². The van der Waals surface area contributed by atoms with Gasteiger partial charge in [0.1, 0.15) is 5.75 Å². The molecule has 2 nitrogen and oxygen atoms in total. The number of aryl methyl sites for hydroxylation is 1. The Balaban J connectivity index is 0.00000172. The topological polar surface area (TPSA) is 33.0 Å². The molecule has 0 aromatic heterocycles. The number of benzene rings is 1. The molecule has 1 aromatic carbocycles. The minimum absolute atomic E-state index is 0.602. The summed E-state index contributed by atoms with van der Waals surface area (Å²) < 4.78 is 4.86. The maximum Gasteiger partial charge on any atom is 0.292 e. The lowest BCUT2D eigenvalue weighted by Gasteiger charge is -2.07. The largest absolute Gasteiger partial charge is 0.388 e. The van der Waals surface area contributed by atoms with E-state index in [0.717, 1.165) is 23.1 Å². The first-order chi connectivity index (χ1) is 9.72. The lowest BCUT2D eigenvalue weighted by Crippen LogP contribution is -1.89. The van der Waals surface area contributed by atoms with E-state index in [1.807, 2.05) is 58.0 Å². The molecule has 1 aromatic rings. The average molecular weight is 269 g/mol. The fraction of sp³-hybridized carbons (Fsp3) is 0.278. The van der Waals surface area contributed by atoms with E-state index in [9.17, 15) is 0 Å². The molecule has 2 heteroatoms. The highest BCUT2D eigenvalue weighted by Crippen LogP contribution is 2.24. The Morgan fingerprint density at radius 2 is 2.10 bits per heavy atom. The minimum atomic E-state index is 0.602. The van der Waals surface area contributed by atoms with E-state index in [4.69, 9.17) is 10.00 Å². The van der Waals surface area contributed by atoms with Gasteiger partial charge >= 0.3 is 0 Å². The second-order valence-corrected chi connectivity index (χ2v) is 3.86. The third-order valence-electron chi connectivity index (χ3n) is 2.51. The summed E-state index contributed by atoms with van der Waals surface area (Å²) in [4.78, 5) is 0. The minimum Gasteiger partial charge on any atom is -0.388 e. The molecule has 20 heavy (non-hydrogen) atoms. The van der Waals surface area contributed by atoms with Gasteiger partial charge in [0.25, 0.3) is 6.26 Å².